The number of nitrogens with one attached hydrogen (secondary N) is 1. The molecule has 1 aromatic carbocycles. The molecule has 1 unspecified atom stereocenters. The molecule has 114 valence electrons. The number of para-hydroxylation sites is 2. The third-order valence-electron chi connectivity index (χ3n) is 2.27. The van der Waals surface area contributed by atoms with Crippen LogP contribution in [-0.4, -0.2) is 36.8 Å². The summed E-state index contributed by atoms with van der Waals surface area (Å²) in [6.07, 6.45) is -5.60. The summed E-state index contributed by atoms with van der Waals surface area (Å²) in [6.45, 7) is 4.00. The van der Waals surface area contributed by atoms with Crippen molar-refractivity contribution in [1.29, 1.82) is 0 Å². The van der Waals surface area contributed by atoms with Crippen LogP contribution in [0.2, 0.25) is 0 Å². The minimum atomic E-state index is -4.78. The average molecular weight is 293 g/mol. The molecule has 0 amide bonds. The summed E-state index contributed by atoms with van der Waals surface area (Å²) < 4.78 is 45.6. The van der Waals surface area contributed by atoms with Gasteiger partial charge in [-0.2, -0.15) is 0 Å². The smallest absolute Gasteiger partial charge is 0.487 e. The SMILES string of the molecule is CC(C)NCC(O)COc1ccccc1OC(F)(F)F. The lowest BCUT2D eigenvalue weighted by molar-refractivity contribution is -0.275. The van der Waals surface area contributed by atoms with Gasteiger partial charge in [0.1, 0.15) is 12.7 Å². The summed E-state index contributed by atoms with van der Waals surface area (Å²) in [7, 11) is 0. The van der Waals surface area contributed by atoms with E-state index >= 15 is 0 Å². The molecule has 1 rings (SSSR count). The van der Waals surface area contributed by atoms with Crippen LogP contribution >= 0.6 is 0 Å². The van der Waals surface area contributed by atoms with Gasteiger partial charge in [0.2, 0.25) is 0 Å². The van der Waals surface area contributed by atoms with Crippen molar-refractivity contribution in [2.45, 2.75) is 32.4 Å². The highest BCUT2D eigenvalue weighted by Crippen LogP contribution is 2.31. The summed E-state index contributed by atoms with van der Waals surface area (Å²) in [5.41, 5.74) is 0. The maximum Gasteiger partial charge on any atom is 0.573 e. The van der Waals surface area contributed by atoms with Crippen molar-refractivity contribution in [3.8, 4) is 11.5 Å². The second kappa shape index (κ2) is 7.35. The van der Waals surface area contributed by atoms with E-state index in [9.17, 15) is 18.3 Å². The Balaban J connectivity index is 2.55. The first-order chi connectivity index (χ1) is 9.28. The molecule has 0 bridgehead atoms. The minimum Gasteiger partial charge on any atom is -0.487 e. The molecule has 0 fully saturated rings. The van der Waals surface area contributed by atoms with Crippen LogP contribution in [0.4, 0.5) is 13.2 Å². The lowest BCUT2D eigenvalue weighted by Crippen LogP contribution is -2.35. The molecule has 0 saturated heterocycles. The molecule has 0 saturated carbocycles. The van der Waals surface area contributed by atoms with Crippen LogP contribution in [0.25, 0.3) is 0 Å². The molecule has 4 nitrogen and oxygen atoms in total. The van der Waals surface area contributed by atoms with Crippen molar-refractivity contribution >= 4 is 0 Å². The van der Waals surface area contributed by atoms with Gasteiger partial charge in [0.05, 0.1) is 0 Å². The van der Waals surface area contributed by atoms with E-state index in [2.05, 4.69) is 10.1 Å². The zero-order chi connectivity index (χ0) is 15.2. The molecule has 0 spiro atoms. The fraction of sp³-hybridized carbons (Fsp3) is 0.538. The second-order valence-electron chi connectivity index (χ2n) is 4.52. The molecule has 20 heavy (non-hydrogen) atoms. The fourth-order valence-corrected chi connectivity index (χ4v) is 1.40. The first kappa shape index (κ1) is 16.6. The maximum absolute atomic E-state index is 12.2. The third kappa shape index (κ3) is 6.63. The normalized spacial score (nSPS) is 13.3. The van der Waals surface area contributed by atoms with E-state index < -0.39 is 18.2 Å². The van der Waals surface area contributed by atoms with Crippen LogP contribution in [-0.2, 0) is 0 Å². The van der Waals surface area contributed by atoms with E-state index in [1.165, 1.54) is 18.2 Å². The molecular formula is C13H18F3NO3. The van der Waals surface area contributed by atoms with Crippen LogP contribution in [0, 0.1) is 0 Å². The second-order valence-corrected chi connectivity index (χ2v) is 4.52. The summed E-state index contributed by atoms with van der Waals surface area (Å²) in [5, 5.41) is 12.6. The van der Waals surface area contributed by atoms with E-state index in [1.807, 2.05) is 13.8 Å². The predicted octanol–water partition coefficient (Wildman–Crippen LogP) is 2.32. The van der Waals surface area contributed by atoms with Gasteiger partial charge in [-0.1, -0.05) is 26.0 Å². The standard InChI is InChI=1S/C13H18F3NO3/c1-9(2)17-7-10(18)8-19-11-5-3-4-6-12(11)20-13(14,15)16/h3-6,9-10,17-18H,7-8H2,1-2H3. The molecule has 0 aliphatic carbocycles. The Kier molecular flexibility index (Phi) is 6.09. The largest absolute Gasteiger partial charge is 0.573 e. The van der Waals surface area contributed by atoms with Crippen molar-refractivity contribution in [3.63, 3.8) is 0 Å². The Bertz CT molecular complexity index is 410. The van der Waals surface area contributed by atoms with Crippen LogP contribution in [0.15, 0.2) is 24.3 Å². The molecule has 0 heterocycles. The molecule has 0 aromatic heterocycles. The van der Waals surface area contributed by atoms with Crippen LogP contribution in [0.5, 0.6) is 11.5 Å². The first-order valence-electron chi connectivity index (χ1n) is 6.17. The van der Waals surface area contributed by atoms with Gasteiger partial charge in [0.15, 0.2) is 11.5 Å². The van der Waals surface area contributed by atoms with Gasteiger partial charge in [0.25, 0.3) is 0 Å². The van der Waals surface area contributed by atoms with Gasteiger partial charge >= 0.3 is 6.36 Å². The summed E-state index contributed by atoms with van der Waals surface area (Å²) in [5.74, 6) is -0.488. The lowest BCUT2D eigenvalue weighted by atomic mass is 10.3. The monoisotopic (exact) mass is 293 g/mol. The Morgan fingerprint density at radius 2 is 1.80 bits per heavy atom. The van der Waals surface area contributed by atoms with Gasteiger partial charge in [-0.3, -0.25) is 0 Å². The number of ether oxygens (including phenoxy) is 2. The van der Waals surface area contributed by atoms with Gasteiger partial charge < -0.3 is 19.9 Å². The molecule has 7 heteroatoms. The quantitative estimate of drug-likeness (QED) is 0.810. The van der Waals surface area contributed by atoms with Gasteiger partial charge in [-0.05, 0) is 12.1 Å². The molecule has 2 N–H and O–H groups in total. The Hall–Kier alpha value is -1.47. The van der Waals surface area contributed by atoms with Crippen molar-refractivity contribution in [2.75, 3.05) is 13.2 Å². The van der Waals surface area contributed by atoms with Gasteiger partial charge in [-0.25, -0.2) is 0 Å². The number of hydrogen-bond acceptors (Lipinski definition) is 4. The summed E-state index contributed by atoms with van der Waals surface area (Å²) in [6, 6.07) is 5.64. The number of alkyl halides is 3. The van der Waals surface area contributed by atoms with E-state index in [-0.39, 0.29) is 18.4 Å². The highest BCUT2D eigenvalue weighted by molar-refractivity contribution is 5.39. The van der Waals surface area contributed by atoms with Crippen LogP contribution < -0.4 is 14.8 Å². The number of benzene rings is 1. The third-order valence-corrected chi connectivity index (χ3v) is 2.27. The molecule has 0 radical (unpaired) electrons. The number of aliphatic hydroxyl groups excluding tert-OH is 1. The van der Waals surface area contributed by atoms with E-state index in [0.29, 0.717) is 6.54 Å². The highest BCUT2D eigenvalue weighted by atomic mass is 19.4. The Labute approximate surface area is 115 Å². The van der Waals surface area contributed by atoms with Crippen LogP contribution in [0.3, 0.4) is 0 Å². The molecule has 1 aromatic rings. The molecule has 0 aliphatic heterocycles. The average Bonchev–Trinajstić information content (AvgIpc) is 2.33. The Morgan fingerprint density at radius 1 is 1.20 bits per heavy atom. The minimum absolute atomic E-state index is 0.0616. The van der Waals surface area contributed by atoms with E-state index in [1.54, 1.807) is 0 Å². The highest BCUT2D eigenvalue weighted by Gasteiger charge is 2.32. The Morgan fingerprint density at radius 3 is 2.35 bits per heavy atom. The van der Waals surface area contributed by atoms with E-state index in [0.717, 1.165) is 6.07 Å². The summed E-state index contributed by atoms with van der Waals surface area (Å²) >= 11 is 0. The van der Waals surface area contributed by atoms with Crippen molar-refractivity contribution < 1.29 is 27.8 Å². The zero-order valence-electron chi connectivity index (χ0n) is 11.3. The lowest BCUT2D eigenvalue weighted by Gasteiger charge is -2.17. The molecule has 0 aliphatic rings. The van der Waals surface area contributed by atoms with Gasteiger partial charge in [0, 0.05) is 12.6 Å². The number of rotatable bonds is 7. The first-order valence-corrected chi connectivity index (χ1v) is 6.17. The predicted molar refractivity (Wildman–Crippen MR) is 67.8 cm³/mol. The van der Waals surface area contributed by atoms with Crippen molar-refractivity contribution in [2.24, 2.45) is 0 Å². The molecule has 1 atom stereocenters. The van der Waals surface area contributed by atoms with Gasteiger partial charge in [-0.15, -0.1) is 13.2 Å². The maximum atomic E-state index is 12.2. The van der Waals surface area contributed by atoms with E-state index in [4.69, 9.17) is 4.74 Å². The summed E-state index contributed by atoms with van der Waals surface area (Å²) in [4.78, 5) is 0. The fourth-order valence-electron chi connectivity index (χ4n) is 1.40. The number of hydrogen-bond donors (Lipinski definition) is 2. The zero-order valence-corrected chi connectivity index (χ0v) is 11.3. The van der Waals surface area contributed by atoms with Crippen LogP contribution in [0.1, 0.15) is 13.8 Å². The topological polar surface area (TPSA) is 50.7 Å². The molecular weight excluding hydrogens is 275 g/mol. The van der Waals surface area contributed by atoms with Crippen molar-refractivity contribution in [3.05, 3.63) is 24.3 Å². The van der Waals surface area contributed by atoms with Crippen molar-refractivity contribution in [1.82, 2.24) is 5.32 Å². The number of aliphatic hydroxyl groups is 1. The number of halogens is 3.